The van der Waals surface area contributed by atoms with Crippen molar-refractivity contribution in [2.45, 2.75) is 78.9 Å². The van der Waals surface area contributed by atoms with E-state index in [-0.39, 0.29) is 11.8 Å². The number of esters is 2. The van der Waals surface area contributed by atoms with Gasteiger partial charge in [-0.25, -0.2) is 0 Å². The summed E-state index contributed by atoms with van der Waals surface area (Å²) in [4.78, 5) is 37.3. The summed E-state index contributed by atoms with van der Waals surface area (Å²) in [6, 6.07) is 0. The van der Waals surface area contributed by atoms with Gasteiger partial charge in [0.05, 0.1) is 5.41 Å². The lowest BCUT2D eigenvalue weighted by Gasteiger charge is -2.52. The molecule has 2 aliphatic rings. The minimum atomic E-state index is -1.31. The number of carbonyl (C=O) groups is 2. The maximum absolute atomic E-state index is 13.1. The van der Waals surface area contributed by atoms with Crippen LogP contribution in [0.25, 0.3) is 0 Å². The first-order chi connectivity index (χ1) is 12.7. The van der Waals surface area contributed by atoms with Crippen LogP contribution in [0.1, 0.15) is 67.7 Å². The van der Waals surface area contributed by atoms with Crippen molar-refractivity contribution in [1.29, 1.82) is 0 Å². The van der Waals surface area contributed by atoms with E-state index >= 15 is 0 Å². The van der Waals surface area contributed by atoms with Crippen LogP contribution < -0.4 is 0 Å². The van der Waals surface area contributed by atoms with Gasteiger partial charge in [0, 0.05) is 4.92 Å². The second-order valence-electron chi connectivity index (χ2n) is 10.1. The van der Waals surface area contributed by atoms with E-state index in [1.54, 1.807) is 41.5 Å². The largest absolute Gasteiger partial charge is 0.459 e. The maximum Gasteiger partial charge on any atom is 0.321 e. The predicted octanol–water partition coefficient (Wildman–Crippen LogP) is 3.93. The molecular weight excluding hydrogens is 362 g/mol. The first kappa shape index (κ1) is 22.4. The van der Waals surface area contributed by atoms with Crippen LogP contribution in [-0.2, 0) is 19.1 Å². The fourth-order valence-electron chi connectivity index (χ4n) is 4.58. The van der Waals surface area contributed by atoms with Crippen LogP contribution in [0, 0.1) is 33.3 Å². The highest BCUT2D eigenvalue weighted by atomic mass is 16.6. The summed E-state index contributed by atoms with van der Waals surface area (Å²) in [5.41, 5.74) is -1.49. The Morgan fingerprint density at radius 3 is 2.07 bits per heavy atom. The van der Waals surface area contributed by atoms with Gasteiger partial charge in [-0.15, -0.1) is 0 Å². The molecule has 0 aromatic heterocycles. The minimum absolute atomic E-state index is 0.183. The molecule has 28 heavy (non-hydrogen) atoms. The van der Waals surface area contributed by atoms with Crippen LogP contribution in [0.2, 0.25) is 0 Å². The summed E-state index contributed by atoms with van der Waals surface area (Å²) in [5.74, 6) is -2.73. The average molecular weight is 395 g/mol. The molecule has 2 rings (SSSR count). The number of hydrogen-bond acceptors (Lipinski definition) is 6. The molecular formula is C21H33NO6. The molecule has 2 aliphatic carbocycles. The van der Waals surface area contributed by atoms with Gasteiger partial charge in [-0.2, -0.15) is 0 Å². The van der Waals surface area contributed by atoms with E-state index in [1.165, 1.54) is 5.57 Å². The highest BCUT2D eigenvalue weighted by Crippen LogP contribution is 2.62. The molecule has 0 aromatic rings. The number of fused-ring (bicyclic) bond motifs is 1. The second kappa shape index (κ2) is 7.48. The minimum Gasteiger partial charge on any atom is -0.459 e. The standard InChI is InChI=1S/C21H33NO6/c1-8-13-9-14-11-21(12-22(25)26,15(14)10-13)16(17(23)27-19(2,3)4)18(24)28-20(5,6)7/h10,14-16H,8-9,11-12H2,1-7H3. The van der Waals surface area contributed by atoms with E-state index < -0.39 is 45.9 Å². The maximum atomic E-state index is 13.1. The van der Waals surface area contributed by atoms with Gasteiger partial charge >= 0.3 is 11.9 Å². The SMILES string of the molecule is CCC1=CC2C(C1)CC2(C[N+](=O)[O-])C(C(=O)OC(C)(C)C)C(=O)OC(C)(C)C. The molecule has 0 bridgehead atoms. The molecule has 158 valence electrons. The molecule has 0 saturated heterocycles. The molecule has 0 heterocycles. The topological polar surface area (TPSA) is 95.7 Å². The average Bonchev–Trinajstić information content (AvgIpc) is 2.80. The molecule has 1 fully saturated rings. The zero-order valence-corrected chi connectivity index (χ0v) is 18.0. The van der Waals surface area contributed by atoms with Gasteiger partial charge in [0.1, 0.15) is 11.2 Å². The number of hydrogen-bond donors (Lipinski definition) is 0. The number of rotatable bonds is 6. The monoisotopic (exact) mass is 395 g/mol. The summed E-state index contributed by atoms with van der Waals surface area (Å²) in [6.07, 6.45) is 4.22. The van der Waals surface area contributed by atoms with Crippen molar-refractivity contribution in [3.05, 3.63) is 21.8 Å². The van der Waals surface area contributed by atoms with Crippen molar-refractivity contribution in [3.63, 3.8) is 0 Å². The van der Waals surface area contributed by atoms with Crippen LogP contribution in [0.3, 0.4) is 0 Å². The van der Waals surface area contributed by atoms with Crippen molar-refractivity contribution in [3.8, 4) is 0 Å². The van der Waals surface area contributed by atoms with Gasteiger partial charge in [-0.1, -0.05) is 18.6 Å². The zero-order valence-electron chi connectivity index (χ0n) is 18.0. The van der Waals surface area contributed by atoms with Gasteiger partial charge in [0.2, 0.25) is 6.54 Å². The van der Waals surface area contributed by atoms with Gasteiger partial charge < -0.3 is 9.47 Å². The van der Waals surface area contributed by atoms with Gasteiger partial charge in [-0.05, 0) is 72.6 Å². The van der Waals surface area contributed by atoms with Gasteiger partial charge in [-0.3, -0.25) is 19.7 Å². The summed E-state index contributed by atoms with van der Waals surface area (Å²) >= 11 is 0. The Kier molecular flexibility index (Phi) is 5.98. The third-order valence-corrected chi connectivity index (χ3v) is 5.49. The molecule has 0 N–H and O–H groups in total. The van der Waals surface area contributed by atoms with Crippen molar-refractivity contribution in [2.75, 3.05) is 6.54 Å². The molecule has 0 aliphatic heterocycles. The van der Waals surface area contributed by atoms with Crippen LogP contribution in [-0.4, -0.2) is 34.6 Å². The lowest BCUT2D eigenvalue weighted by atomic mass is 9.49. The number of carbonyl (C=O) groups excluding carboxylic acids is 2. The molecule has 0 radical (unpaired) electrons. The van der Waals surface area contributed by atoms with Crippen molar-refractivity contribution in [2.24, 2.45) is 23.2 Å². The van der Waals surface area contributed by atoms with E-state index in [0.29, 0.717) is 6.42 Å². The predicted molar refractivity (Wildman–Crippen MR) is 104 cm³/mol. The smallest absolute Gasteiger partial charge is 0.321 e. The summed E-state index contributed by atoms with van der Waals surface area (Å²) in [7, 11) is 0. The third kappa shape index (κ3) is 4.73. The summed E-state index contributed by atoms with van der Waals surface area (Å²) in [5, 5.41) is 11.5. The summed E-state index contributed by atoms with van der Waals surface area (Å²) in [6.45, 7) is 11.9. The van der Waals surface area contributed by atoms with Crippen LogP contribution >= 0.6 is 0 Å². The van der Waals surface area contributed by atoms with E-state index in [4.69, 9.17) is 9.47 Å². The van der Waals surface area contributed by atoms with E-state index in [2.05, 4.69) is 0 Å². The molecule has 1 saturated carbocycles. The van der Waals surface area contributed by atoms with E-state index in [1.807, 2.05) is 13.0 Å². The quantitative estimate of drug-likeness (QED) is 0.222. The molecule has 0 spiro atoms. The fraction of sp³-hybridized carbons (Fsp3) is 0.810. The lowest BCUT2D eigenvalue weighted by molar-refractivity contribution is -0.508. The number of allylic oxidation sites excluding steroid dienone is 2. The number of ether oxygens (including phenoxy) is 2. The molecule has 0 aromatic carbocycles. The first-order valence-corrected chi connectivity index (χ1v) is 9.95. The Bertz CT molecular complexity index is 656. The number of nitrogens with zero attached hydrogens (tertiary/aromatic N) is 1. The van der Waals surface area contributed by atoms with Crippen molar-refractivity contribution < 1.29 is 24.0 Å². The third-order valence-electron chi connectivity index (χ3n) is 5.49. The Balaban J connectivity index is 2.47. The highest BCUT2D eigenvalue weighted by molar-refractivity contribution is 5.96. The first-order valence-electron chi connectivity index (χ1n) is 9.95. The van der Waals surface area contributed by atoms with Crippen LogP contribution in [0.15, 0.2) is 11.6 Å². The molecule has 7 heteroatoms. The number of nitro groups is 1. The Labute approximate surface area is 167 Å². The summed E-state index contributed by atoms with van der Waals surface area (Å²) < 4.78 is 11.0. The lowest BCUT2D eigenvalue weighted by Crippen LogP contribution is -2.60. The van der Waals surface area contributed by atoms with E-state index in [9.17, 15) is 19.7 Å². The van der Waals surface area contributed by atoms with Crippen LogP contribution in [0.5, 0.6) is 0 Å². The molecule has 0 amide bonds. The Hall–Kier alpha value is -1.92. The van der Waals surface area contributed by atoms with Gasteiger partial charge in [0.15, 0.2) is 5.92 Å². The van der Waals surface area contributed by atoms with Crippen molar-refractivity contribution in [1.82, 2.24) is 0 Å². The fourth-order valence-corrected chi connectivity index (χ4v) is 4.58. The Morgan fingerprint density at radius 1 is 1.18 bits per heavy atom. The molecule has 3 unspecified atom stereocenters. The van der Waals surface area contributed by atoms with Crippen LogP contribution in [0.4, 0.5) is 0 Å². The normalized spacial score (nSPS) is 26.9. The zero-order chi connectivity index (χ0) is 21.5. The Morgan fingerprint density at radius 2 is 1.68 bits per heavy atom. The second-order valence-corrected chi connectivity index (χ2v) is 10.1. The highest BCUT2D eigenvalue weighted by Gasteiger charge is 2.66. The molecule has 3 atom stereocenters. The van der Waals surface area contributed by atoms with E-state index in [0.717, 1.165) is 12.8 Å². The van der Waals surface area contributed by atoms with Crippen molar-refractivity contribution >= 4 is 11.9 Å². The van der Waals surface area contributed by atoms with Gasteiger partial charge in [0.25, 0.3) is 0 Å². The molecule has 7 nitrogen and oxygen atoms in total.